The Kier molecular flexibility index (Phi) is 5.95. The SMILES string of the molecule is CCCCc1nnc(Sc2ncc(NC(=O)c3ccccc3)s2)s1. The molecule has 0 saturated carbocycles. The van der Waals surface area contributed by atoms with E-state index in [9.17, 15) is 4.79 Å². The Morgan fingerprint density at radius 2 is 2.00 bits per heavy atom. The number of hydrogen-bond donors (Lipinski definition) is 1. The maximum absolute atomic E-state index is 12.1. The zero-order valence-corrected chi connectivity index (χ0v) is 15.5. The van der Waals surface area contributed by atoms with E-state index in [2.05, 4.69) is 27.4 Å². The summed E-state index contributed by atoms with van der Waals surface area (Å²) >= 11 is 4.53. The number of carbonyl (C=O) groups excluding carboxylic acids is 1. The summed E-state index contributed by atoms with van der Waals surface area (Å²) in [7, 11) is 0. The van der Waals surface area contributed by atoms with Crippen LogP contribution in [0, 0.1) is 0 Å². The van der Waals surface area contributed by atoms with E-state index in [0.717, 1.165) is 38.0 Å². The van der Waals surface area contributed by atoms with E-state index in [1.807, 2.05) is 18.2 Å². The molecule has 0 aliphatic rings. The normalized spacial score (nSPS) is 10.7. The monoisotopic (exact) mass is 376 g/mol. The van der Waals surface area contributed by atoms with Gasteiger partial charge >= 0.3 is 0 Å². The first kappa shape index (κ1) is 17.1. The average molecular weight is 377 g/mol. The van der Waals surface area contributed by atoms with E-state index < -0.39 is 0 Å². The third-order valence-electron chi connectivity index (χ3n) is 3.12. The topological polar surface area (TPSA) is 67.8 Å². The van der Waals surface area contributed by atoms with Crippen LogP contribution in [0.4, 0.5) is 5.00 Å². The molecule has 0 bridgehead atoms. The largest absolute Gasteiger partial charge is 0.312 e. The maximum Gasteiger partial charge on any atom is 0.256 e. The van der Waals surface area contributed by atoms with Gasteiger partial charge in [-0.25, -0.2) is 4.98 Å². The maximum atomic E-state index is 12.1. The molecule has 8 heteroatoms. The summed E-state index contributed by atoms with van der Waals surface area (Å²) < 4.78 is 1.73. The lowest BCUT2D eigenvalue weighted by Crippen LogP contribution is -2.10. The fraction of sp³-hybridized carbons (Fsp3) is 0.250. The first-order chi connectivity index (χ1) is 11.7. The van der Waals surface area contributed by atoms with Crippen molar-refractivity contribution in [2.75, 3.05) is 5.32 Å². The third kappa shape index (κ3) is 4.62. The number of aromatic nitrogens is 3. The Bertz CT molecular complexity index is 801. The molecule has 0 saturated heterocycles. The van der Waals surface area contributed by atoms with Crippen LogP contribution in [0.1, 0.15) is 35.1 Å². The molecule has 0 atom stereocenters. The summed E-state index contributed by atoms with van der Waals surface area (Å²) in [5, 5.41) is 13.0. The van der Waals surface area contributed by atoms with Crippen molar-refractivity contribution in [3.05, 3.63) is 47.1 Å². The van der Waals surface area contributed by atoms with Crippen LogP contribution < -0.4 is 5.32 Å². The molecule has 1 aromatic carbocycles. The fourth-order valence-corrected chi connectivity index (χ4v) is 4.93. The van der Waals surface area contributed by atoms with Gasteiger partial charge in [0.1, 0.15) is 10.0 Å². The number of hydrogen-bond acceptors (Lipinski definition) is 7. The average Bonchev–Trinajstić information content (AvgIpc) is 3.23. The van der Waals surface area contributed by atoms with Crippen LogP contribution in [0.25, 0.3) is 0 Å². The molecule has 0 fully saturated rings. The molecular weight excluding hydrogens is 360 g/mol. The molecule has 0 radical (unpaired) electrons. The predicted octanol–water partition coefficient (Wildman–Crippen LogP) is 4.74. The van der Waals surface area contributed by atoms with E-state index in [4.69, 9.17) is 0 Å². The molecule has 0 spiro atoms. The van der Waals surface area contributed by atoms with E-state index in [0.29, 0.717) is 5.56 Å². The number of aryl methyl sites for hydroxylation is 1. The predicted molar refractivity (Wildman–Crippen MR) is 99.2 cm³/mol. The van der Waals surface area contributed by atoms with Crippen LogP contribution in [-0.4, -0.2) is 21.1 Å². The number of rotatable bonds is 7. The van der Waals surface area contributed by atoms with Gasteiger partial charge in [-0.1, -0.05) is 54.2 Å². The summed E-state index contributed by atoms with van der Waals surface area (Å²) in [6, 6.07) is 9.13. The van der Waals surface area contributed by atoms with Gasteiger partial charge < -0.3 is 5.32 Å². The first-order valence-corrected chi connectivity index (χ1v) is 10.0. The van der Waals surface area contributed by atoms with Gasteiger partial charge in [0.25, 0.3) is 5.91 Å². The molecule has 3 aromatic rings. The van der Waals surface area contributed by atoms with Crippen LogP contribution >= 0.6 is 34.4 Å². The Morgan fingerprint density at radius 1 is 1.17 bits per heavy atom. The minimum Gasteiger partial charge on any atom is -0.312 e. The summed E-state index contributed by atoms with van der Waals surface area (Å²) in [6.07, 6.45) is 4.93. The van der Waals surface area contributed by atoms with Gasteiger partial charge in [-0.2, -0.15) is 0 Å². The highest BCUT2D eigenvalue weighted by molar-refractivity contribution is 8.02. The van der Waals surface area contributed by atoms with Gasteiger partial charge in [-0.15, -0.1) is 10.2 Å². The second-order valence-electron chi connectivity index (χ2n) is 4.98. The second-order valence-corrected chi connectivity index (χ2v) is 8.56. The fourth-order valence-electron chi connectivity index (χ4n) is 1.92. The molecule has 0 aliphatic heterocycles. The lowest BCUT2D eigenvalue weighted by Gasteiger charge is -2.00. The number of anilines is 1. The minimum atomic E-state index is -0.131. The Hall–Kier alpha value is -1.77. The zero-order valence-electron chi connectivity index (χ0n) is 13.1. The van der Waals surface area contributed by atoms with Crippen molar-refractivity contribution in [2.45, 2.75) is 34.9 Å². The quantitative estimate of drug-likeness (QED) is 0.645. The molecule has 3 rings (SSSR count). The van der Waals surface area contributed by atoms with Crippen LogP contribution in [0.15, 0.2) is 45.2 Å². The Balaban J connectivity index is 1.59. The molecule has 1 N–H and O–H groups in total. The summed E-state index contributed by atoms with van der Waals surface area (Å²) in [5.74, 6) is -0.131. The third-order valence-corrected chi connectivity index (χ3v) is 6.15. The van der Waals surface area contributed by atoms with E-state index >= 15 is 0 Å². The van der Waals surface area contributed by atoms with Crippen molar-refractivity contribution in [3.63, 3.8) is 0 Å². The molecule has 124 valence electrons. The molecule has 24 heavy (non-hydrogen) atoms. The number of nitrogens with one attached hydrogen (secondary N) is 1. The lowest BCUT2D eigenvalue weighted by atomic mass is 10.2. The van der Waals surface area contributed by atoms with E-state index in [1.54, 1.807) is 29.7 Å². The number of thiazole rings is 1. The summed E-state index contributed by atoms with van der Waals surface area (Å²) in [4.78, 5) is 16.5. The highest BCUT2D eigenvalue weighted by Crippen LogP contribution is 2.35. The van der Waals surface area contributed by atoms with Crippen LogP contribution in [0.5, 0.6) is 0 Å². The van der Waals surface area contributed by atoms with Crippen LogP contribution in [0.2, 0.25) is 0 Å². The highest BCUT2D eigenvalue weighted by atomic mass is 32.2. The molecule has 0 unspecified atom stereocenters. The standard InChI is InChI=1S/C16H16N4OS3/c1-2-3-9-12-19-20-16(22-12)24-15-17-10-13(23-15)18-14(21)11-7-5-4-6-8-11/h4-8,10H,2-3,9H2,1H3,(H,18,21). The summed E-state index contributed by atoms with van der Waals surface area (Å²) in [5.41, 5.74) is 0.629. The lowest BCUT2D eigenvalue weighted by molar-refractivity contribution is 0.102. The van der Waals surface area contributed by atoms with Gasteiger partial charge in [0.2, 0.25) is 0 Å². The Morgan fingerprint density at radius 3 is 2.79 bits per heavy atom. The van der Waals surface area contributed by atoms with Crippen LogP contribution in [0.3, 0.4) is 0 Å². The summed E-state index contributed by atoms with van der Waals surface area (Å²) in [6.45, 7) is 2.16. The highest BCUT2D eigenvalue weighted by Gasteiger charge is 2.11. The minimum absolute atomic E-state index is 0.131. The van der Waals surface area contributed by atoms with Crippen molar-refractivity contribution in [1.82, 2.24) is 15.2 Å². The van der Waals surface area contributed by atoms with E-state index in [1.165, 1.54) is 23.1 Å². The molecule has 2 aromatic heterocycles. The van der Waals surface area contributed by atoms with Crippen molar-refractivity contribution in [1.29, 1.82) is 0 Å². The number of amides is 1. The first-order valence-electron chi connectivity index (χ1n) is 7.57. The zero-order chi connectivity index (χ0) is 16.8. The second kappa shape index (κ2) is 8.36. The molecule has 0 aliphatic carbocycles. The van der Waals surface area contributed by atoms with Gasteiger partial charge in [-0.3, -0.25) is 4.79 Å². The van der Waals surface area contributed by atoms with E-state index in [-0.39, 0.29) is 5.91 Å². The van der Waals surface area contributed by atoms with Crippen molar-refractivity contribution in [3.8, 4) is 0 Å². The molecule has 2 heterocycles. The number of benzene rings is 1. The van der Waals surface area contributed by atoms with Gasteiger partial charge in [0, 0.05) is 12.0 Å². The smallest absolute Gasteiger partial charge is 0.256 e. The Labute approximate surface area is 152 Å². The van der Waals surface area contributed by atoms with Gasteiger partial charge in [0.05, 0.1) is 6.20 Å². The van der Waals surface area contributed by atoms with Crippen molar-refractivity contribution < 1.29 is 4.79 Å². The number of nitrogens with zero attached hydrogens (tertiary/aromatic N) is 3. The van der Waals surface area contributed by atoms with Gasteiger partial charge in [0.15, 0.2) is 8.68 Å². The molecule has 5 nitrogen and oxygen atoms in total. The number of unbranched alkanes of at least 4 members (excludes halogenated alkanes) is 1. The van der Waals surface area contributed by atoms with Crippen LogP contribution in [-0.2, 0) is 6.42 Å². The molecule has 1 amide bonds. The number of carbonyl (C=O) groups is 1. The van der Waals surface area contributed by atoms with Crippen molar-refractivity contribution >= 4 is 45.3 Å². The van der Waals surface area contributed by atoms with Gasteiger partial charge in [-0.05, 0) is 30.3 Å². The molecular formula is C16H16N4OS3. The van der Waals surface area contributed by atoms with Crippen molar-refractivity contribution in [2.24, 2.45) is 0 Å².